The van der Waals surface area contributed by atoms with E-state index in [0.29, 0.717) is 17.1 Å². The van der Waals surface area contributed by atoms with Crippen LogP contribution in [0.2, 0.25) is 0 Å². The van der Waals surface area contributed by atoms with Gasteiger partial charge < -0.3 is 20.9 Å². The number of nitrogen functional groups attached to an aromatic ring is 1. The van der Waals surface area contributed by atoms with E-state index in [-0.39, 0.29) is 6.54 Å². The van der Waals surface area contributed by atoms with E-state index in [1.807, 2.05) is 0 Å². The topological polar surface area (TPSA) is 67.5 Å². The third kappa shape index (κ3) is 3.23. The molecule has 0 aliphatic carbocycles. The average molecular weight is 232 g/mol. The summed E-state index contributed by atoms with van der Waals surface area (Å²) < 4.78 is 29.0. The summed E-state index contributed by atoms with van der Waals surface area (Å²) in [5.74, 6) is 0.581. The van der Waals surface area contributed by atoms with Crippen molar-refractivity contribution in [2.24, 2.45) is 0 Å². The molecule has 0 aromatic heterocycles. The van der Waals surface area contributed by atoms with E-state index in [1.54, 1.807) is 18.2 Å². The van der Waals surface area contributed by atoms with E-state index in [0.717, 1.165) is 0 Å². The Morgan fingerprint density at radius 3 is 2.69 bits per heavy atom. The molecule has 0 aliphatic rings. The van der Waals surface area contributed by atoms with E-state index >= 15 is 0 Å². The number of nitrogens with one attached hydrogen (secondary N) is 1. The number of anilines is 2. The maximum absolute atomic E-state index is 12.0. The fourth-order valence-electron chi connectivity index (χ4n) is 1.13. The van der Waals surface area contributed by atoms with Gasteiger partial charge in [-0.15, -0.1) is 0 Å². The Hall–Kier alpha value is -1.56. The first-order chi connectivity index (χ1) is 7.54. The van der Waals surface area contributed by atoms with Gasteiger partial charge >= 0.3 is 0 Å². The number of rotatable bonds is 5. The van der Waals surface area contributed by atoms with Crippen molar-refractivity contribution in [3.63, 3.8) is 0 Å². The molecule has 0 radical (unpaired) electrons. The lowest BCUT2D eigenvalue weighted by atomic mass is 10.2. The van der Waals surface area contributed by atoms with Crippen LogP contribution < -0.4 is 15.8 Å². The molecule has 90 valence electrons. The van der Waals surface area contributed by atoms with E-state index in [2.05, 4.69) is 5.32 Å². The number of aliphatic hydroxyl groups is 1. The maximum atomic E-state index is 12.0. The van der Waals surface area contributed by atoms with Gasteiger partial charge in [0.15, 0.2) is 0 Å². The van der Waals surface area contributed by atoms with Crippen molar-refractivity contribution < 1.29 is 18.6 Å². The lowest BCUT2D eigenvalue weighted by Gasteiger charge is -2.13. The molecule has 1 aromatic carbocycles. The second kappa shape index (κ2) is 5.50. The molecule has 16 heavy (non-hydrogen) atoms. The van der Waals surface area contributed by atoms with Gasteiger partial charge in [0.25, 0.3) is 6.43 Å². The molecule has 0 heterocycles. The van der Waals surface area contributed by atoms with Crippen LogP contribution in [0.3, 0.4) is 0 Å². The van der Waals surface area contributed by atoms with Crippen molar-refractivity contribution in [2.75, 3.05) is 24.7 Å². The van der Waals surface area contributed by atoms with Gasteiger partial charge in [0, 0.05) is 12.6 Å². The monoisotopic (exact) mass is 232 g/mol. The standard InChI is InChI=1S/C10H14F2N2O2/c1-16-6-2-3-8(7(13)4-6)14-5-9(15)10(11)12/h2-4,9-10,14-15H,5,13H2,1H3. The molecule has 1 unspecified atom stereocenters. The van der Waals surface area contributed by atoms with Crippen LogP contribution in [-0.4, -0.2) is 31.3 Å². The molecule has 0 fully saturated rings. The first-order valence-corrected chi connectivity index (χ1v) is 4.68. The Balaban J connectivity index is 2.61. The molecule has 0 saturated carbocycles. The molecule has 4 N–H and O–H groups in total. The minimum Gasteiger partial charge on any atom is -0.497 e. The third-order valence-corrected chi connectivity index (χ3v) is 2.05. The molecule has 1 aromatic rings. The summed E-state index contributed by atoms with van der Waals surface area (Å²) in [5.41, 5.74) is 6.51. The second-order valence-corrected chi connectivity index (χ2v) is 3.24. The van der Waals surface area contributed by atoms with Crippen molar-refractivity contribution in [3.8, 4) is 5.75 Å². The van der Waals surface area contributed by atoms with Gasteiger partial charge in [0.2, 0.25) is 0 Å². The fraction of sp³-hybridized carbons (Fsp3) is 0.400. The van der Waals surface area contributed by atoms with E-state index < -0.39 is 12.5 Å². The van der Waals surface area contributed by atoms with Gasteiger partial charge in [-0.3, -0.25) is 0 Å². The van der Waals surface area contributed by atoms with Crippen molar-refractivity contribution >= 4 is 11.4 Å². The highest BCUT2D eigenvalue weighted by Gasteiger charge is 2.16. The highest BCUT2D eigenvalue weighted by atomic mass is 19.3. The molecule has 4 nitrogen and oxygen atoms in total. The van der Waals surface area contributed by atoms with Crippen molar-refractivity contribution in [2.45, 2.75) is 12.5 Å². The normalized spacial score (nSPS) is 12.6. The predicted octanol–water partition coefficient (Wildman–Crippen LogP) is 1.32. The number of nitrogens with two attached hydrogens (primary N) is 1. The molecule has 1 rings (SSSR count). The fourth-order valence-corrected chi connectivity index (χ4v) is 1.13. The highest BCUT2D eigenvalue weighted by molar-refractivity contribution is 5.68. The van der Waals surface area contributed by atoms with Gasteiger partial charge in [-0.05, 0) is 12.1 Å². The number of aliphatic hydroxyl groups excluding tert-OH is 1. The molecule has 0 saturated heterocycles. The summed E-state index contributed by atoms with van der Waals surface area (Å²) in [6, 6.07) is 4.82. The Labute approximate surface area is 92.0 Å². The summed E-state index contributed by atoms with van der Waals surface area (Å²) in [7, 11) is 1.50. The van der Waals surface area contributed by atoms with Crippen LogP contribution in [-0.2, 0) is 0 Å². The predicted molar refractivity (Wildman–Crippen MR) is 57.9 cm³/mol. The van der Waals surface area contributed by atoms with Gasteiger partial charge in [0.05, 0.1) is 18.5 Å². The summed E-state index contributed by atoms with van der Waals surface area (Å²) in [6.45, 7) is -0.256. The van der Waals surface area contributed by atoms with Gasteiger partial charge in [0.1, 0.15) is 11.9 Å². The van der Waals surface area contributed by atoms with Crippen LogP contribution in [0, 0.1) is 0 Å². The summed E-state index contributed by atoms with van der Waals surface area (Å²) >= 11 is 0. The molecule has 0 bridgehead atoms. The number of benzene rings is 1. The van der Waals surface area contributed by atoms with Crippen LogP contribution in [0.4, 0.5) is 20.2 Å². The Morgan fingerprint density at radius 2 is 2.19 bits per heavy atom. The smallest absolute Gasteiger partial charge is 0.265 e. The number of hydrogen-bond acceptors (Lipinski definition) is 4. The lowest BCUT2D eigenvalue weighted by Crippen LogP contribution is -2.27. The zero-order valence-electron chi connectivity index (χ0n) is 8.78. The number of halogens is 2. The molecule has 6 heteroatoms. The molecule has 0 aliphatic heterocycles. The number of alkyl halides is 2. The number of ether oxygens (including phenoxy) is 1. The lowest BCUT2D eigenvalue weighted by molar-refractivity contribution is 0.00385. The summed E-state index contributed by atoms with van der Waals surface area (Å²) in [6.07, 6.45) is -4.48. The Bertz CT molecular complexity index is 348. The first-order valence-electron chi connectivity index (χ1n) is 4.68. The average Bonchev–Trinajstić information content (AvgIpc) is 2.26. The molecular weight excluding hydrogens is 218 g/mol. The van der Waals surface area contributed by atoms with Gasteiger partial charge in [-0.25, -0.2) is 8.78 Å². The van der Waals surface area contributed by atoms with Crippen LogP contribution in [0.5, 0.6) is 5.75 Å². The van der Waals surface area contributed by atoms with Crippen LogP contribution in [0.25, 0.3) is 0 Å². The minimum absolute atomic E-state index is 0.256. The number of methoxy groups -OCH3 is 1. The van der Waals surface area contributed by atoms with Gasteiger partial charge in [-0.1, -0.05) is 0 Å². The zero-order valence-corrected chi connectivity index (χ0v) is 8.78. The first kappa shape index (κ1) is 12.5. The van der Waals surface area contributed by atoms with Crippen molar-refractivity contribution in [1.29, 1.82) is 0 Å². The minimum atomic E-state index is -2.77. The SMILES string of the molecule is COc1ccc(NCC(O)C(F)F)c(N)c1. The molecular formula is C10H14F2N2O2. The van der Waals surface area contributed by atoms with Gasteiger partial charge in [-0.2, -0.15) is 0 Å². The Morgan fingerprint density at radius 1 is 1.50 bits per heavy atom. The van der Waals surface area contributed by atoms with E-state index in [9.17, 15) is 8.78 Å². The quantitative estimate of drug-likeness (QED) is 0.670. The van der Waals surface area contributed by atoms with Crippen LogP contribution in [0.15, 0.2) is 18.2 Å². The molecule has 0 amide bonds. The summed E-state index contributed by atoms with van der Waals surface area (Å²) in [4.78, 5) is 0. The maximum Gasteiger partial charge on any atom is 0.265 e. The third-order valence-electron chi connectivity index (χ3n) is 2.05. The van der Waals surface area contributed by atoms with Crippen molar-refractivity contribution in [1.82, 2.24) is 0 Å². The summed E-state index contributed by atoms with van der Waals surface area (Å²) in [5, 5.41) is 11.5. The van der Waals surface area contributed by atoms with E-state index in [1.165, 1.54) is 7.11 Å². The zero-order chi connectivity index (χ0) is 12.1. The largest absolute Gasteiger partial charge is 0.497 e. The number of hydrogen-bond donors (Lipinski definition) is 3. The van der Waals surface area contributed by atoms with Crippen molar-refractivity contribution in [3.05, 3.63) is 18.2 Å². The molecule has 1 atom stereocenters. The Kier molecular flexibility index (Phi) is 4.30. The molecule has 0 spiro atoms. The van der Waals surface area contributed by atoms with E-state index in [4.69, 9.17) is 15.6 Å². The van der Waals surface area contributed by atoms with Crippen LogP contribution >= 0.6 is 0 Å². The second-order valence-electron chi connectivity index (χ2n) is 3.24. The van der Waals surface area contributed by atoms with Crippen LogP contribution in [0.1, 0.15) is 0 Å². The highest BCUT2D eigenvalue weighted by Crippen LogP contribution is 2.24.